The minimum absolute atomic E-state index is 0.428. The minimum atomic E-state index is -2.92. The Labute approximate surface area is 221 Å². The van der Waals surface area contributed by atoms with Gasteiger partial charge in [-0.3, -0.25) is 0 Å². The van der Waals surface area contributed by atoms with Crippen molar-refractivity contribution in [1.82, 2.24) is 0 Å². The van der Waals surface area contributed by atoms with E-state index in [1.165, 1.54) is 83.5 Å². The molecule has 0 aromatic carbocycles. The first kappa shape index (κ1) is 35.0. The molecule has 0 aliphatic rings. The maximum Gasteiger partial charge on any atom is 0.501 e. The number of alkyl halides is 1. The van der Waals surface area contributed by atoms with Gasteiger partial charge in [0, 0.05) is 19.3 Å². The van der Waals surface area contributed by atoms with Gasteiger partial charge in [0.25, 0.3) is 0 Å². The Bertz CT molecular complexity index is 414. The molecule has 0 aliphatic heterocycles. The normalized spacial score (nSPS) is 12.5. The lowest BCUT2D eigenvalue weighted by Gasteiger charge is -2.40. The summed E-state index contributed by atoms with van der Waals surface area (Å²) in [5.74, 6) is 0. The molecular weight excluding hydrogens is 455 g/mol. The van der Waals surface area contributed by atoms with Crippen molar-refractivity contribution in [1.29, 1.82) is 0 Å². The monoisotopic (exact) mass is 518 g/mol. The molecule has 0 fully saturated rings. The summed E-state index contributed by atoms with van der Waals surface area (Å²) in [5.41, 5.74) is -0.742. The van der Waals surface area contributed by atoms with E-state index in [9.17, 15) is 4.39 Å². The van der Waals surface area contributed by atoms with Crippen LogP contribution in [0.15, 0.2) is 0 Å². The zero-order valence-electron chi connectivity index (χ0n) is 24.6. The standard InChI is InChI=1S/C30H63FO3Si/c1-6-11-14-17-20-23-26-30(29-31,27-24-21-18-15-12-7-2)34-35(32-9-4,33-10-5)28-25-22-19-16-13-8-3/h6-29H2,1-5H3. The molecule has 0 saturated carbocycles. The molecule has 0 aromatic rings. The molecule has 0 radical (unpaired) electrons. The zero-order valence-corrected chi connectivity index (χ0v) is 25.6. The van der Waals surface area contributed by atoms with Crippen LogP contribution >= 0.6 is 0 Å². The molecular formula is C30H63FO3Si. The van der Waals surface area contributed by atoms with Crippen molar-refractivity contribution in [2.45, 2.75) is 175 Å². The molecule has 0 saturated heterocycles. The average Bonchev–Trinajstić information content (AvgIpc) is 2.85. The lowest BCUT2D eigenvalue weighted by atomic mass is 9.91. The fraction of sp³-hybridized carbons (Fsp3) is 1.00. The first-order valence-electron chi connectivity index (χ1n) is 15.6. The maximum atomic E-state index is 14.9. The molecule has 0 amide bonds. The van der Waals surface area contributed by atoms with Crippen LogP contribution in [-0.4, -0.2) is 34.3 Å². The van der Waals surface area contributed by atoms with E-state index >= 15 is 0 Å². The number of hydrogen-bond acceptors (Lipinski definition) is 3. The largest absolute Gasteiger partial charge is 0.501 e. The van der Waals surface area contributed by atoms with Gasteiger partial charge in [0.1, 0.15) is 6.67 Å². The van der Waals surface area contributed by atoms with Crippen LogP contribution in [0, 0.1) is 0 Å². The van der Waals surface area contributed by atoms with Gasteiger partial charge < -0.3 is 13.3 Å². The van der Waals surface area contributed by atoms with Gasteiger partial charge in [-0.05, 0) is 33.1 Å². The van der Waals surface area contributed by atoms with Crippen LogP contribution in [0.3, 0.4) is 0 Å². The number of rotatable bonds is 28. The summed E-state index contributed by atoms with van der Waals surface area (Å²) in [7, 11) is -2.92. The Morgan fingerprint density at radius 2 is 0.886 bits per heavy atom. The van der Waals surface area contributed by atoms with Gasteiger partial charge in [-0.25, -0.2) is 4.39 Å². The van der Waals surface area contributed by atoms with Crippen LogP contribution in [0.5, 0.6) is 0 Å². The predicted molar refractivity (Wildman–Crippen MR) is 153 cm³/mol. The highest BCUT2D eigenvalue weighted by molar-refractivity contribution is 6.60. The van der Waals surface area contributed by atoms with E-state index < -0.39 is 21.1 Å². The summed E-state index contributed by atoms with van der Waals surface area (Å²) < 4.78 is 34.4. The highest BCUT2D eigenvalue weighted by atomic mass is 28.4. The molecule has 0 aromatic heterocycles. The van der Waals surface area contributed by atoms with E-state index in [-0.39, 0.29) is 0 Å². The van der Waals surface area contributed by atoms with Gasteiger partial charge in [-0.2, -0.15) is 0 Å². The van der Waals surface area contributed by atoms with E-state index in [4.69, 9.17) is 13.3 Å². The number of hydrogen-bond donors (Lipinski definition) is 0. The van der Waals surface area contributed by atoms with Crippen molar-refractivity contribution in [2.24, 2.45) is 0 Å². The second kappa shape index (κ2) is 24.4. The second-order valence-electron chi connectivity index (χ2n) is 10.5. The quantitative estimate of drug-likeness (QED) is 0.0761. The van der Waals surface area contributed by atoms with E-state index in [1.807, 2.05) is 13.8 Å². The first-order chi connectivity index (χ1) is 17.1. The fourth-order valence-corrected chi connectivity index (χ4v) is 8.10. The van der Waals surface area contributed by atoms with E-state index in [2.05, 4.69) is 20.8 Å². The van der Waals surface area contributed by atoms with Crippen molar-refractivity contribution >= 4 is 8.80 Å². The van der Waals surface area contributed by atoms with E-state index in [1.54, 1.807) is 0 Å². The van der Waals surface area contributed by atoms with Gasteiger partial charge in [-0.15, -0.1) is 0 Å². The average molecular weight is 519 g/mol. The van der Waals surface area contributed by atoms with Gasteiger partial charge in [0.15, 0.2) is 0 Å². The Morgan fingerprint density at radius 1 is 0.514 bits per heavy atom. The van der Waals surface area contributed by atoms with Crippen molar-refractivity contribution < 1.29 is 17.7 Å². The second-order valence-corrected chi connectivity index (χ2v) is 13.2. The topological polar surface area (TPSA) is 27.7 Å². The molecule has 0 heterocycles. The van der Waals surface area contributed by atoms with E-state index in [0.717, 1.165) is 51.0 Å². The van der Waals surface area contributed by atoms with Gasteiger partial charge in [0.2, 0.25) is 0 Å². The molecule has 0 aliphatic carbocycles. The molecule has 0 rings (SSSR count). The Hall–Kier alpha value is 0.0269. The van der Waals surface area contributed by atoms with Crippen LogP contribution < -0.4 is 0 Å². The molecule has 0 spiro atoms. The third-order valence-electron chi connectivity index (χ3n) is 7.15. The molecule has 5 heteroatoms. The van der Waals surface area contributed by atoms with Crippen molar-refractivity contribution in [3.63, 3.8) is 0 Å². The lowest BCUT2D eigenvalue weighted by Crippen LogP contribution is -2.54. The molecule has 0 atom stereocenters. The Morgan fingerprint density at radius 3 is 1.26 bits per heavy atom. The smallest absolute Gasteiger partial charge is 0.374 e. The third-order valence-corrected chi connectivity index (χ3v) is 10.3. The molecule has 35 heavy (non-hydrogen) atoms. The third kappa shape index (κ3) is 18.0. The SMILES string of the molecule is CCCCCCCCC(CF)(CCCCCCCC)O[Si](CCCCCCCC)(OCC)OCC. The van der Waals surface area contributed by atoms with Gasteiger partial charge in [0.05, 0.1) is 5.60 Å². The molecule has 0 bridgehead atoms. The zero-order chi connectivity index (χ0) is 26.1. The van der Waals surface area contributed by atoms with Crippen molar-refractivity contribution in [2.75, 3.05) is 19.9 Å². The summed E-state index contributed by atoms with van der Waals surface area (Å²) in [4.78, 5) is 0. The highest BCUT2D eigenvalue weighted by Crippen LogP contribution is 2.34. The Kier molecular flexibility index (Phi) is 24.4. The predicted octanol–water partition coefficient (Wildman–Crippen LogP) is 10.6. The van der Waals surface area contributed by atoms with Gasteiger partial charge in [-0.1, -0.05) is 130 Å². The van der Waals surface area contributed by atoms with Crippen LogP contribution in [0.4, 0.5) is 4.39 Å². The van der Waals surface area contributed by atoms with Crippen molar-refractivity contribution in [3.05, 3.63) is 0 Å². The summed E-state index contributed by atoms with van der Waals surface area (Å²) in [5, 5.41) is 0. The lowest BCUT2D eigenvalue weighted by molar-refractivity contribution is -0.0555. The molecule has 3 nitrogen and oxygen atoms in total. The maximum absolute atomic E-state index is 14.9. The van der Waals surface area contributed by atoms with E-state index in [0.29, 0.717) is 13.2 Å². The van der Waals surface area contributed by atoms with Crippen LogP contribution in [0.2, 0.25) is 6.04 Å². The first-order valence-corrected chi connectivity index (χ1v) is 17.5. The van der Waals surface area contributed by atoms with Crippen LogP contribution in [-0.2, 0) is 13.3 Å². The minimum Gasteiger partial charge on any atom is -0.374 e. The fourth-order valence-electron chi connectivity index (χ4n) is 5.03. The molecule has 212 valence electrons. The number of halogens is 1. The van der Waals surface area contributed by atoms with Crippen molar-refractivity contribution in [3.8, 4) is 0 Å². The number of unbranched alkanes of at least 4 members (excludes halogenated alkanes) is 15. The summed E-state index contributed by atoms with van der Waals surface area (Å²) in [6.45, 7) is 11.5. The summed E-state index contributed by atoms with van der Waals surface area (Å²) in [6.07, 6.45) is 23.4. The summed E-state index contributed by atoms with van der Waals surface area (Å²) >= 11 is 0. The van der Waals surface area contributed by atoms with Crippen LogP contribution in [0.1, 0.15) is 163 Å². The molecule has 0 N–H and O–H groups in total. The Balaban J connectivity index is 5.27. The summed E-state index contributed by atoms with van der Waals surface area (Å²) in [6, 6.07) is 0.815. The molecule has 0 unspecified atom stereocenters. The van der Waals surface area contributed by atoms with Gasteiger partial charge >= 0.3 is 8.80 Å². The van der Waals surface area contributed by atoms with Crippen LogP contribution in [0.25, 0.3) is 0 Å². The highest BCUT2D eigenvalue weighted by Gasteiger charge is 2.48.